The first-order valence-electron chi connectivity index (χ1n) is 7.29. The molecule has 2 atom stereocenters. The lowest BCUT2D eigenvalue weighted by Gasteiger charge is -2.20. The van der Waals surface area contributed by atoms with E-state index in [4.69, 9.17) is 2.74 Å². The molecular weight excluding hydrogens is 168 g/mol. The van der Waals surface area contributed by atoms with Crippen LogP contribution in [0.5, 0.6) is 0 Å². The van der Waals surface area contributed by atoms with Crippen LogP contribution in [0.1, 0.15) is 68.4 Å². The van der Waals surface area contributed by atoms with E-state index < -0.39 is 6.37 Å². The lowest BCUT2D eigenvalue weighted by Crippen LogP contribution is -2.08. The van der Waals surface area contributed by atoms with Gasteiger partial charge in [0, 0.05) is 2.74 Å². The molecular formula is C14H26. The van der Waals surface area contributed by atoms with Crippen LogP contribution >= 0.6 is 0 Å². The second kappa shape index (κ2) is 3.87. The Balaban J connectivity index is 1.92. The minimum absolute atomic E-state index is 0.218. The van der Waals surface area contributed by atoms with Crippen molar-refractivity contribution in [2.24, 2.45) is 23.2 Å². The first-order valence-corrected chi connectivity index (χ1v) is 6.29. The van der Waals surface area contributed by atoms with Crippen molar-refractivity contribution in [2.75, 3.05) is 0 Å². The van der Waals surface area contributed by atoms with Crippen LogP contribution in [0.15, 0.2) is 0 Å². The molecule has 0 heterocycles. The molecule has 0 nitrogen and oxygen atoms in total. The molecule has 0 saturated heterocycles. The number of hydrogen-bond acceptors (Lipinski definition) is 0. The van der Waals surface area contributed by atoms with Gasteiger partial charge in [-0.15, -0.1) is 0 Å². The monoisotopic (exact) mass is 196 g/mol. The van der Waals surface area contributed by atoms with Crippen molar-refractivity contribution in [2.45, 2.75) is 65.7 Å². The molecule has 0 aromatic heterocycles. The van der Waals surface area contributed by atoms with Crippen molar-refractivity contribution in [1.29, 1.82) is 0 Å². The topological polar surface area (TPSA) is 0 Å². The standard InChI is InChI=1S/C14H26/c1-14(2,3)8-7-11-9-12-5-4-6-13(12)10-11/h11-13H,4-10H2,1-3H3/i8D2. The first-order chi connectivity index (χ1) is 7.29. The third kappa shape index (κ3) is 2.52. The Kier molecular flexibility index (Phi) is 2.26. The normalized spacial score (nSPS) is 40.6. The van der Waals surface area contributed by atoms with E-state index in [0.717, 1.165) is 18.3 Å². The zero-order valence-corrected chi connectivity index (χ0v) is 9.97. The predicted octanol–water partition coefficient (Wildman–Crippen LogP) is 4.64. The van der Waals surface area contributed by atoms with E-state index in [1.165, 1.54) is 32.1 Å². The minimum atomic E-state index is -1.00. The van der Waals surface area contributed by atoms with E-state index in [2.05, 4.69) is 0 Å². The highest BCUT2D eigenvalue weighted by Gasteiger charge is 2.36. The Morgan fingerprint density at radius 1 is 1.14 bits per heavy atom. The van der Waals surface area contributed by atoms with Crippen molar-refractivity contribution < 1.29 is 2.74 Å². The third-order valence-corrected chi connectivity index (χ3v) is 4.01. The van der Waals surface area contributed by atoms with E-state index in [1.54, 1.807) is 0 Å². The zero-order valence-electron chi connectivity index (χ0n) is 12.0. The fourth-order valence-corrected chi connectivity index (χ4v) is 3.30. The molecule has 0 aliphatic heterocycles. The summed E-state index contributed by atoms with van der Waals surface area (Å²) in [4.78, 5) is 0. The SMILES string of the molecule is [2H]C([2H])(CC1CC2CCCC2C1)C(C)(C)C. The smallest absolute Gasteiger partial charge is 0.0272 e. The Morgan fingerprint density at radius 3 is 2.21 bits per heavy atom. The van der Waals surface area contributed by atoms with Gasteiger partial charge in [-0.2, -0.15) is 0 Å². The largest absolute Gasteiger partial charge is 0.0602 e. The zero-order chi connectivity index (χ0) is 12.0. The highest BCUT2D eigenvalue weighted by atomic mass is 14.4. The molecule has 0 aromatic rings. The molecule has 2 aliphatic rings. The summed E-state index contributed by atoms with van der Waals surface area (Å²) in [6.07, 6.45) is 6.65. The van der Waals surface area contributed by atoms with E-state index >= 15 is 0 Å². The van der Waals surface area contributed by atoms with Crippen LogP contribution < -0.4 is 0 Å². The Hall–Kier alpha value is 0. The lowest BCUT2D eigenvalue weighted by molar-refractivity contribution is 0.315. The van der Waals surface area contributed by atoms with Gasteiger partial charge < -0.3 is 0 Å². The highest BCUT2D eigenvalue weighted by Crippen LogP contribution is 2.48. The molecule has 2 saturated carbocycles. The lowest BCUT2D eigenvalue weighted by atomic mass is 9.85. The van der Waals surface area contributed by atoms with Gasteiger partial charge in [-0.25, -0.2) is 0 Å². The van der Waals surface area contributed by atoms with Crippen LogP contribution in [0.4, 0.5) is 0 Å². The highest BCUT2D eigenvalue weighted by molar-refractivity contribution is 4.88. The number of hydrogen-bond donors (Lipinski definition) is 0. The summed E-state index contributed by atoms with van der Waals surface area (Å²) >= 11 is 0. The average Bonchev–Trinajstić information content (AvgIpc) is 2.59. The van der Waals surface area contributed by atoms with Crippen LogP contribution in [0, 0.1) is 23.2 Å². The van der Waals surface area contributed by atoms with Gasteiger partial charge >= 0.3 is 0 Å². The first kappa shape index (κ1) is 8.19. The van der Waals surface area contributed by atoms with E-state index in [0.29, 0.717) is 5.92 Å². The van der Waals surface area contributed by atoms with Crippen LogP contribution in [0.25, 0.3) is 0 Å². The average molecular weight is 196 g/mol. The summed E-state index contributed by atoms with van der Waals surface area (Å²) in [5, 5.41) is 0. The summed E-state index contributed by atoms with van der Waals surface area (Å²) in [6, 6.07) is 0. The summed E-state index contributed by atoms with van der Waals surface area (Å²) in [7, 11) is 0. The van der Waals surface area contributed by atoms with Gasteiger partial charge in [-0.1, -0.05) is 40.0 Å². The predicted molar refractivity (Wildman–Crippen MR) is 62.2 cm³/mol. The third-order valence-electron chi connectivity index (χ3n) is 4.01. The van der Waals surface area contributed by atoms with Gasteiger partial charge in [0.2, 0.25) is 0 Å². The van der Waals surface area contributed by atoms with E-state index in [1.807, 2.05) is 20.8 Å². The van der Waals surface area contributed by atoms with Gasteiger partial charge in [-0.05, 0) is 48.8 Å². The molecule has 82 valence electrons. The summed E-state index contributed by atoms with van der Waals surface area (Å²) in [5.41, 5.74) is -0.218. The molecule has 0 bridgehead atoms. The molecule has 14 heavy (non-hydrogen) atoms. The summed E-state index contributed by atoms with van der Waals surface area (Å²) < 4.78 is 16.4. The molecule has 0 N–H and O–H groups in total. The molecule has 2 aliphatic carbocycles. The quantitative estimate of drug-likeness (QED) is 0.603. The minimum Gasteiger partial charge on any atom is -0.0602 e. The molecule has 2 unspecified atom stereocenters. The fourth-order valence-electron chi connectivity index (χ4n) is 3.30. The van der Waals surface area contributed by atoms with Crippen molar-refractivity contribution in [3.05, 3.63) is 0 Å². The maximum absolute atomic E-state index is 8.22. The second-order valence-electron chi connectivity index (χ2n) is 6.42. The Bertz CT molecular complexity index is 240. The fraction of sp³-hybridized carbons (Fsp3) is 1.00. The van der Waals surface area contributed by atoms with Crippen molar-refractivity contribution >= 4 is 0 Å². The molecule has 0 amide bonds. The van der Waals surface area contributed by atoms with E-state index in [-0.39, 0.29) is 5.41 Å². The van der Waals surface area contributed by atoms with Crippen molar-refractivity contribution in [3.8, 4) is 0 Å². The van der Waals surface area contributed by atoms with Crippen LogP contribution in [0.2, 0.25) is 0 Å². The van der Waals surface area contributed by atoms with Crippen LogP contribution in [-0.4, -0.2) is 0 Å². The molecule has 2 rings (SSSR count). The van der Waals surface area contributed by atoms with Crippen molar-refractivity contribution in [3.63, 3.8) is 0 Å². The maximum atomic E-state index is 8.22. The van der Waals surface area contributed by atoms with Gasteiger partial charge in [0.15, 0.2) is 0 Å². The Labute approximate surface area is 92.3 Å². The number of fused-ring (bicyclic) bond motifs is 1. The maximum Gasteiger partial charge on any atom is 0.0272 e. The van der Waals surface area contributed by atoms with Crippen LogP contribution in [-0.2, 0) is 0 Å². The second-order valence-corrected chi connectivity index (χ2v) is 6.42. The van der Waals surface area contributed by atoms with Gasteiger partial charge in [0.1, 0.15) is 0 Å². The molecule has 0 aromatic carbocycles. The molecule has 0 heteroatoms. The van der Waals surface area contributed by atoms with Gasteiger partial charge in [-0.3, -0.25) is 0 Å². The Morgan fingerprint density at radius 2 is 1.71 bits per heavy atom. The van der Waals surface area contributed by atoms with Gasteiger partial charge in [0.05, 0.1) is 0 Å². The molecule has 0 radical (unpaired) electrons. The van der Waals surface area contributed by atoms with Crippen LogP contribution in [0.3, 0.4) is 0 Å². The summed E-state index contributed by atoms with van der Waals surface area (Å²) in [6.45, 7) is 6.09. The molecule has 2 fully saturated rings. The van der Waals surface area contributed by atoms with Crippen molar-refractivity contribution in [1.82, 2.24) is 0 Å². The summed E-state index contributed by atoms with van der Waals surface area (Å²) in [5.74, 6) is 2.55. The number of rotatable bonds is 2. The van der Waals surface area contributed by atoms with E-state index in [9.17, 15) is 0 Å². The van der Waals surface area contributed by atoms with Gasteiger partial charge in [0.25, 0.3) is 0 Å². The molecule has 0 spiro atoms.